The summed E-state index contributed by atoms with van der Waals surface area (Å²) >= 11 is 1.09. The lowest BCUT2D eigenvalue weighted by atomic mass is 10.2. The first kappa shape index (κ1) is 20.6. The lowest BCUT2D eigenvalue weighted by Gasteiger charge is -2.06. The summed E-state index contributed by atoms with van der Waals surface area (Å²) in [6.45, 7) is 1.88. The molecule has 0 unspecified atom stereocenters. The van der Waals surface area contributed by atoms with E-state index in [1.807, 2.05) is 19.1 Å². The molecule has 0 aliphatic rings. The van der Waals surface area contributed by atoms with Gasteiger partial charge in [0, 0.05) is 17.8 Å². The van der Waals surface area contributed by atoms with E-state index >= 15 is 0 Å². The first-order valence-electron chi connectivity index (χ1n) is 8.79. The molecule has 9 heteroatoms. The number of anilines is 1. The van der Waals surface area contributed by atoms with Crippen molar-refractivity contribution in [1.29, 1.82) is 0 Å². The van der Waals surface area contributed by atoms with E-state index in [4.69, 9.17) is 4.74 Å². The summed E-state index contributed by atoms with van der Waals surface area (Å²) in [5.41, 5.74) is 2.16. The minimum Gasteiger partial charge on any atom is -0.364 e. The van der Waals surface area contributed by atoms with Crippen LogP contribution in [-0.2, 0) is 22.7 Å². The summed E-state index contributed by atoms with van der Waals surface area (Å²) < 4.78 is 18.8. The van der Waals surface area contributed by atoms with Gasteiger partial charge >= 0.3 is 0 Å². The lowest BCUT2D eigenvalue weighted by Crippen LogP contribution is -2.27. The van der Waals surface area contributed by atoms with Gasteiger partial charge < -0.3 is 15.4 Å². The quantitative estimate of drug-likeness (QED) is 0.591. The highest BCUT2D eigenvalue weighted by molar-refractivity contribution is 7.13. The molecule has 0 saturated carbocycles. The van der Waals surface area contributed by atoms with Crippen LogP contribution in [0.3, 0.4) is 0 Å². The maximum absolute atomic E-state index is 13.5. The third kappa shape index (κ3) is 6.16. The number of nitrogens with zero attached hydrogens (tertiary/aromatic N) is 2. The summed E-state index contributed by atoms with van der Waals surface area (Å²) in [7, 11) is 0. The Morgan fingerprint density at radius 1 is 1.10 bits per heavy atom. The molecular weight excluding hydrogens is 395 g/mol. The highest BCUT2D eigenvalue weighted by Gasteiger charge is 2.14. The van der Waals surface area contributed by atoms with Crippen LogP contribution in [0.15, 0.2) is 48.5 Å². The van der Waals surface area contributed by atoms with Gasteiger partial charge in [-0.25, -0.2) is 4.39 Å². The van der Waals surface area contributed by atoms with Gasteiger partial charge in [0.2, 0.25) is 10.9 Å². The lowest BCUT2D eigenvalue weighted by molar-refractivity contribution is -0.126. The molecule has 0 saturated heterocycles. The molecule has 0 radical (unpaired) electrons. The molecule has 1 aromatic heterocycles. The number of aromatic nitrogens is 2. The highest BCUT2D eigenvalue weighted by Crippen LogP contribution is 2.14. The second-order valence-electron chi connectivity index (χ2n) is 6.18. The molecule has 3 aromatic rings. The number of aryl methyl sites for hydroxylation is 1. The molecule has 0 atom stereocenters. The number of ether oxygens (including phenoxy) is 1. The van der Waals surface area contributed by atoms with Crippen molar-refractivity contribution in [2.75, 3.05) is 11.9 Å². The second kappa shape index (κ2) is 9.85. The van der Waals surface area contributed by atoms with Crippen LogP contribution in [0.4, 0.5) is 10.1 Å². The normalized spacial score (nSPS) is 10.6. The highest BCUT2D eigenvalue weighted by atomic mass is 32.1. The van der Waals surface area contributed by atoms with Crippen LogP contribution in [0.5, 0.6) is 0 Å². The van der Waals surface area contributed by atoms with Crippen molar-refractivity contribution >= 4 is 28.8 Å². The standard InChI is InChI=1S/C20H19FN4O3S/c1-13-6-8-15(9-7-13)23-19(27)20-25-24-18(29-20)12-28-11-17(26)22-10-14-4-2-3-5-16(14)21/h2-9H,10-12H2,1H3,(H,22,26)(H,23,27). The van der Waals surface area contributed by atoms with Gasteiger partial charge in [0.1, 0.15) is 24.0 Å². The molecular formula is C20H19FN4O3S. The maximum atomic E-state index is 13.5. The largest absolute Gasteiger partial charge is 0.364 e. The van der Waals surface area contributed by atoms with Crippen LogP contribution in [0.25, 0.3) is 0 Å². The Morgan fingerprint density at radius 3 is 2.62 bits per heavy atom. The van der Waals surface area contributed by atoms with Crippen molar-refractivity contribution < 1.29 is 18.7 Å². The summed E-state index contributed by atoms with van der Waals surface area (Å²) in [5, 5.41) is 13.7. The van der Waals surface area contributed by atoms with Crippen molar-refractivity contribution in [3.05, 3.63) is 75.5 Å². The first-order chi connectivity index (χ1) is 14.0. The predicted molar refractivity (Wildman–Crippen MR) is 107 cm³/mol. The molecule has 7 nitrogen and oxygen atoms in total. The topological polar surface area (TPSA) is 93.2 Å². The van der Waals surface area contributed by atoms with E-state index in [2.05, 4.69) is 20.8 Å². The molecule has 29 heavy (non-hydrogen) atoms. The molecule has 0 aliphatic heterocycles. The fourth-order valence-electron chi connectivity index (χ4n) is 2.34. The summed E-state index contributed by atoms with van der Waals surface area (Å²) in [4.78, 5) is 24.0. The number of nitrogens with one attached hydrogen (secondary N) is 2. The minimum atomic E-state index is -0.380. The molecule has 2 aromatic carbocycles. The van der Waals surface area contributed by atoms with E-state index < -0.39 is 0 Å². The zero-order chi connectivity index (χ0) is 20.6. The van der Waals surface area contributed by atoms with Crippen molar-refractivity contribution in [1.82, 2.24) is 15.5 Å². The Labute approximate surface area is 170 Å². The fourth-order valence-corrected chi connectivity index (χ4v) is 3.02. The van der Waals surface area contributed by atoms with E-state index in [-0.39, 0.29) is 42.4 Å². The third-order valence-corrected chi connectivity index (χ3v) is 4.76. The van der Waals surface area contributed by atoms with Crippen molar-refractivity contribution in [3.63, 3.8) is 0 Å². The number of amides is 2. The second-order valence-corrected chi connectivity index (χ2v) is 7.24. The Kier molecular flexibility index (Phi) is 6.99. The van der Waals surface area contributed by atoms with E-state index in [1.54, 1.807) is 30.3 Å². The smallest absolute Gasteiger partial charge is 0.286 e. The number of halogens is 1. The molecule has 3 rings (SSSR count). The number of rotatable bonds is 8. The zero-order valence-electron chi connectivity index (χ0n) is 15.6. The van der Waals surface area contributed by atoms with E-state index in [0.717, 1.165) is 16.9 Å². The molecule has 1 heterocycles. The Balaban J connectivity index is 1.41. The molecule has 0 fully saturated rings. The SMILES string of the molecule is Cc1ccc(NC(=O)c2nnc(COCC(=O)NCc3ccccc3F)s2)cc1. The van der Waals surface area contributed by atoms with Gasteiger partial charge in [0.05, 0.1) is 0 Å². The van der Waals surface area contributed by atoms with Crippen LogP contribution in [-0.4, -0.2) is 28.6 Å². The minimum absolute atomic E-state index is 0.0442. The third-order valence-electron chi connectivity index (χ3n) is 3.86. The number of carbonyl (C=O) groups is 2. The Bertz CT molecular complexity index is 991. The average molecular weight is 414 g/mol. The number of hydrogen-bond donors (Lipinski definition) is 2. The fraction of sp³-hybridized carbons (Fsp3) is 0.200. The van der Waals surface area contributed by atoms with E-state index in [9.17, 15) is 14.0 Å². The summed E-state index contributed by atoms with van der Waals surface area (Å²) in [5.74, 6) is -1.12. The van der Waals surface area contributed by atoms with Gasteiger partial charge in [-0.2, -0.15) is 0 Å². The Morgan fingerprint density at radius 2 is 1.86 bits per heavy atom. The number of benzene rings is 2. The van der Waals surface area contributed by atoms with Gasteiger partial charge in [-0.15, -0.1) is 10.2 Å². The van der Waals surface area contributed by atoms with Gasteiger partial charge in [-0.05, 0) is 25.1 Å². The van der Waals surface area contributed by atoms with Crippen LogP contribution in [0.2, 0.25) is 0 Å². The number of hydrogen-bond acceptors (Lipinski definition) is 6. The molecule has 2 amide bonds. The van der Waals surface area contributed by atoms with Crippen LogP contribution in [0, 0.1) is 12.7 Å². The van der Waals surface area contributed by atoms with Crippen LogP contribution < -0.4 is 10.6 Å². The first-order valence-corrected chi connectivity index (χ1v) is 9.61. The van der Waals surface area contributed by atoms with Gasteiger partial charge in [-0.3, -0.25) is 9.59 Å². The molecule has 150 valence electrons. The van der Waals surface area contributed by atoms with Gasteiger partial charge in [0.15, 0.2) is 0 Å². The summed E-state index contributed by atoms with van der Waals surface area (Å²) in [6, 6.07) is 13.6. The maximum Gasteiger partial charge on any atom is 0.286 e. The van der Waals surface area contributed by atoms with Crippen LogP contribution in [0.1, 0.15) is 25.9 Å². The zero-order valence-corrected chi connectivity index (χ0v) is 16.5. The van der Waals surface area contributed by atoms with E-state index in [1.165, 1.54) is 6.07 Å². The Hall–Kier alpha value is -3.17. The van der Waals surface area contributed by atoms with Gasteiger partial charge in [-0.1, -0.05) is 47.2 Å². The van der Waals surface area contributed by atoms with E-state index in [0.29, 0.717) is 16.3 Å². The predicted octanol–water partition coefficient (Wildman–Crippen LogP) is 3.07. The monoisotopic (exact) mass is 414 g/mol. The van der Waals surface area contributed by atoms with Gasteiger partial charge in [0.25, 0.3) is 5.91 Å². The average Bonchev–Trinajstić information content (AvgIpc) is 3.18. The molecule has 0 spiro atoms. The summed E-state index contributed by atoms with van der Waals surface area (Å²) in [6.07, 6.45) is 0. The number of carbonyl (C=O) groups excluding carboxylic acids is 2. The van der Waals surface area contributed by atoms with Crippen molar-refractivity contribution in [3.8, 4) is 0 Å². The molecule has 0 aliphatic carbocycles. The molecule has 0 bridgehead atoms. The van der Waals surface area contributed by atoms with Crippen molar-refractivity contribution in [2.24, 2.45) is 0 Å². The van der Waals surface area contributed by atoms with Crippen LogP contribution >= 0.6 is 11.3 Å². The molecule has 2 N–H and O–H groups in total. The van der Waals surface area contributed by atoms with Crippen molar-refractivity contribution in [2.45, 2.75) is 20.1 Å².